The van der Waals surface area contributed by atoms with E-state index in [2.05, 4.69) is 27.9 Å². The van der Waals surface area contributed by atoms with Crippen LogP contribution in [0.5, 0.6) is 5.75 Å². The van der Waals surface area contributed by atoms with Gasteiger partial charge in [-0.25, -0.2) is 0 Å². The monoisotopic (exact) mass is 313 g/mol. The standard InChI is InChI=1S/C14H20BrNO2/c1-16(13-5-8-17-9-6-13)7-10-18-14-4-2-3-12(15)11-14/h2-4,11,13H,5-10H2,1H3. The summed E-state index contributed by atoms with van der Waals surface area (Å²) in [7, 11) is 2.17. The van der Waals surface area contributed by atoms with Crippen molar-refractivity contribution in [3.05, 3.63) is 28.7 Å². The first kappa shape index (κ1) is 13.8. The van der Waals surface area contributed by atoms with Crippen molar-refractivity contribution in [1.29, 1.82) is 0 Å². The van der Waals surface area contributed by atoms with Gasteiger partial charge in [-0.2, -0.15) is 0 Å². The Balaban J connectivity index is 1.71. The van der Waals surface area contributed by atoms with Gasteiger partial charge in [0.15, 0.2) is 0 Å². The Morgan fingerprint density at radius 1 is 1.39 bits per heavy atom. The molecule has 1 aliphatic heterocycles. The molecule has 4 heteroatoms. The molecule has 1 saturated heterocycles. The summed E-state index contributed by atoms with van der Waals surface area (Å²) < 4.78 is 12.2. The molecular formula is C14H20BrNO2. The van der Waals surface area contributed by atoms with Gasteiger partial charge < -0.3 is 9.47 Å². The molecule has 100 valence electrons. The van der Waals surface area contributed by atoms with Gasteiger partial charge in [0.25, 0.3) is 0 Å². The van der Waals surface area contributed by atoms with Gasteiger partial charge >= 0.3 is 0 Å². The molecule has 0 atom stereocenters. The summed E-state index contributed by atoms with van der Waals surface area (Å²) >= 11 is 3.44. The molecule has 1 aliphatic rings. The number of nitrogens with zero attached hydrogens (tertiary/aromatic N) is 1. The molecule has 18 heavy (non-hydrogen) atoms. The van der Waals surface area contributed by atoms with E-state index in [4.69, 9.17) is 9.47 Å². The molecule has 0 radical (unpaired) electrons. The van der Waals surface area contributed by atoms with E-state index in [9.17, 15) is 0 Å². The van der Waals surface area contributed by atoms with Crippen molar-refractivity contribution in [3.63, 3.8) is 0 Å². The van der Waals surface area contributed by atoms with Crippen LogP contribution in [-0.2, 0) is 4.74 Å². The first-order valence-corrected chi connectivity index (χ1v) is 7.21. The normalized spacial score (nSPS) is 17.1. The second-order valence-electron chi connectivity index (χ2n) is 4.63. The predicted molar refractivity (Wildman–Crippen MR) is 76.1 cm³/mol. The predicted octanol–water partition coefficient (Wildman–Crippen LogP) is 2.94. The van der Waals surface area contributed by atoms with Gasteiger partial charge in [-0.3, -0.25) is 4.90 Å². The average molecular weight is 314 g/mol. The smallest absolute Gasteiger partial charge is 0.120 e. The molecule has 0 amide bonds. The Bertz CT molecular complexity index is 367. The molecule has 1 aromatic rings. The molecule has 1 fully saturated rings. The maximum atomic E-state index is 5.75. The van der Waals surface area contributed by atoms with Crippen LogP contribution in [0.3, 0.4) is 0 Å². The average Bonchev–Trinajstić information content (AvgIpc) is 2.40. The zero-order valence-corrected chi connectivity index (χ0v) is 12.4. The lowest BCUT2D eigenvalue weighted by Crippen LogP contribution is -2.38. The van der Waals surface area contributed by atoms with Crippen LogP contribution in [0.2, 0.25) is 0 Å². The number of likely N-dealkylation sites (N-methyl/N-ethyl adjacent to an activating group) is 1. The number of rotatable bonds is 5. The Morgan fingerprint density at radius 2 is 2.17 bits per heavy atom. The van der Waals surface area contributed by atoms with Crippen LogP contribution in [0.25, 0.3) is 0 Å². The highest BCUT2D eigenvalue weighted by molar-refractivity contribution is 9.10. The van der Waals surface area contributed by atoms with Gasteiger partial charge in [0.05, 0.1) is 0 Å². The summed E-state index contributed by atoms with van der Waals surface area (Å²) in [5.74, 6) is 0.921. The molecule has 3 nitrogen and oxygen atoms in total. The Morgan fingerprint density at radius 3 is 2.89 bits per heavy atom. The zero-order valence-electron chi connectivity index (χ0n) is 10.8. The minimum atomic E-state index is 0.643. The van der Waals surface area contributed by atoms with Crippen LogP contribution < -0.4 is 4.74 Å². The summed E-state index contributed by atoms with van der Waals surface area (Å²) in [5.41, 5.74) is 0. The molecule has 0 saturated carbocycles. The number of benzene rings is 1. The Kier molecular flexibility index (Phi) is 5.47. The van der Waals surface area contributed by atoms with E-state index in [-0.39, 0.29) is 0 Å². The third kappa shape index (κ3) is 4.26. The molecule has 0 unspecified atom stereocenters. The van der Waals surface area contributed by atoms with Crippen LogP contribution in [-0.4, -0.2) is 44.4 Å². The van der Waals surface area contributed by atoms with Gasteiger partial charge in [-0.15, -0.1) is 0 Å². The van der Waals surface area contributed by atoms with Crippen molar-refractivity contribution in [2.75, 3.05) is 33.4 Å². The van der Waals surface area contributed by atoms with E-state index < -0.39 is 0 Å². The first-order valence-electron chi connectivity index (χ1n) is 6.42. The van der Waals surface area contributed by atoms with Gasteiger partial charge in [0.1, 0.15) is 12.4 Å². The summed E-state index contributed by atoms with van der Waals surface area (Å²) in [6.07, 6.45) is 2.26. The van der Waals surface area contributed by atoms with E-state index in [0.717, 1.165) is 49.4 Å². The summed E-state index contributed by atoms with van der Waals surface area (Å²) in [6, 6.07) is 8.61. The number of ether oxygens (including phenoxy) is 2. The fourth-order valence-electron chi connectivity index (χ4n) is 2.17. The van der Waals surface area contributed by atoms with Crippen molar-refractivity contribution < 1.29 is 9.47 Å². The lowest BCUT2D eigenvalue weighted by atomic mass is 10.1. The highest BCUT2D eigenvalue weighted by Crippen LogP contribution is 2.18. The topological polar surface area (TPSA) is 21.7 Å². The molecule has 2 rings (SSSR count). The van der Waals surface area contributed by atoms with Gasteiger partial charge in [-0.1, -0.05) is 22.0 Å². The van der Waals surface area contributed by atoms with Crippen molar-refractivity contribution in [1.82, 2.24) is 4.90 Å². The third-order valence-corrected chi connectivity index (χ3v) is 3.82. The molecule has 0 spiro atoms. The number of hydrogen-bond acceptors (Lipinski definition) is 3. The largest absolute Gasteiger partial charge is 0.492 e. The van der Waals surface area contributed by atoms with Gasteiger partial charge in [-0.05, 0) is 38.1 Å². The third-order valence-electron chi connectivity index (χ3n) is 3.32. The number of hydrogen-bond donors (Lipinski definition) is 0. The highest BCUT2D eigenvalue weighted by Gasteiger charge is 2.17. The van der Waals surface area contributed by atoms with E-state index in [1.165, 1.54) is 0 Å². The Labute approximate surface area is 117 Å². The van der Waals surface area contributed by atoms with E-state index in [1.54, 1.807) is 0 Å². The second kappa shape index (κ2) is 7.12. The molecule has 0 N–H and O–H groups in total. The fraction of sp³-hybridized carbons (Fsp3) is 0.571. The van der Waals surface area contributed by atoms with E-state index in [1.807, 2.05) is 24.3 Å². The minimum Gasteiger partial charge on any atom is -0.492 e. The second-order valence-corrected chi connectivity index (χ2v) is 5.55. The molecule has 1 aromatic carbocycles. The lowest BCUT2D eigenvalue weighted by molar-refractivity contribution is 0.0392. The molecule has 0 bridgehead atoms. The van der Waals surface area contributed by atoms with Crippen molar-refractivity contribution in [2.45, 2.75) is 18.9 Å². The van der Waals surface area contributed by atoms with Crippen molar-refractivity contribution in [3.8, 4) is 5.75 Å². The highest BCUT2D eigenvalue weighted by atomic mass is 79.9. The molecule has 0 aliphatic carbocycles. The lowest BCUT2D eigenvalue weighted by Gasteiger charge is -2.31. The number of halogens is 1. The van der Waals surface area contributed by atoms with E-state index in [0.29, 0.717) is 6.04 Å². The summed E-state index contributed by atoms with van der Waals surface area (Å²) in [6.45, 7) is 3.46. The van der Waals surface area contributed by atoms with Gasteiger partial charge in [0, 0.05) is 30.3 Å². The van der Waals surface area contributed by atoms with Crippen LogP contribution in [0, 0.1) is 0 Å². The Hall–Kier alpha value is -0.580. The minimum absolute atomic E-state index is 0.643. The van der Waals surface area contributed by atoms with Crippen LogP contribution in [0.4, 0.5) is 0 Å². The van der Waals surface area contributed by atoms with Crippen molar-refractivity contribution in [2.24, 2.45) is 0 Å². The zero-order chi connectivity index (χ0) is 12.8. The van der Waals surface area contributed by atoms with Crippen LogP contribution in [0.15, 0.2) is 28.7 Å². The molecule has 0 aromatic heterocycles. The summed E-state index contributed by atoms with van der Waals surface area (Å²) in [4.78, 5) is 2.38. The fourth-order valence-corrected chi connectivity index (χ4v) is 2.55. The maximum Gasteiger partial charge on any atom is 0.120 e. The van der Waals surface area contributed by atoms with Crippen LogP contribution in [0.1, 0.15) is 12.8 Å². The SMILES string of the molecule is CN(CCOc1cccc(Br)c1)C1CCOCC1. The maximum absolute atomic E-state index is 5.75. The van der Waals surface area contributed by atoms with Crippen LogP contribution >= 0.6 is 15.9 Å². The van der Waals surface area contributed by atoms with Gasteiger partial charge in [0.2, 0.25) is 0 Å². The van der Waals surface area contributed by atoms with Crippen molar-refractivity contribution >= 4 is 15.9 Å². The summed E-state index contributed by atoms with van der Waals surface area (Å²) in [5, 5.41) is 0. The molecule has 1 heterocycles. The quantitative estimate of drug-likeness (QED) is 0.834. The van der Waals surface area contributed by atoms with E-state index >= 15 is 0 Å². The molecular weight excluding hydrogens is 294 g/mol. The first-order chi connectivity index (χ1) is 8.75.